The third-order valence-electron chi connectivity index (χ3n) is 6.08. The van der Waals surface area contributed by atoms with Crippen LogP contribution in [0.5, 0.6) is 0 Å². The summed E-state index contributed by atoms with van der Waals surface area (Å²) in [5.74, 6) is 0.833. The van der Waals surface area contributed by atoms with Crippen LogP contribution in [0.4, 0.5) is 5.95 Å². The summed E-state index contributed by atoms with van der Waals surface area (Å²) in [4.78, 5) is 26.1. The Morgan fingerprint density at radius 3 is 2.66 bits per heavy atom. The van der Waals surface area contributed by atoms with Crippen molar-refractivity contribution in [3.05, 3.63) is 87.1 Å². The highest BCUT2D eigenvalue weighted by Crippen LogP contribution is 2.27. The standard InChI is InChI=1S/C23H25N5O/c1-17-4-2-3-5-19(17)15-27-12-13-28-21-8-11-26(14-18-6-9-24-10-7-18)16-20(21)22(29)25-23(27)28/h2-7,9-10H,8,11-16H2,1H3. The molecule has 5 rings (SSSR count). The lowest BCUT2D eigenvalue weighted by Crippen LogP contribution is -2.37. The molecule has 0 aliphatic carbocycles. The Bertz CT molecular complexity index is 1090. The van der Waals surface area contributed by atoms with Crippen molar-refractivity contribution in [3.63, 3.8) is 0 Å². The summed E-state index contributed by atoms with van der Waals surface area (Å²) < 4.78 is 2.28. The number of pyridine rings is 1. The number of anilines is 1. The molecule has 0 unspecified atom stereocenters. The molecule has 2 aliphatic rings. The summed E-state index contributed by atoms with van der Waals surface area (Å²) in [5.41, 5.74) is 5.77. The summed E-state index contributed by atoms with van der Waals surface area (Å²) in [6.07, 6.45) is 4.53. The molecule has 1 aromatic carbocycles. The summed E-state index contributed by atoms with van der Waals surface area (Å²) in [7, 11) is 0. The Balaban J connectivity index is 1.40. The predicted octanol–water partition coefficient (Wildman–Crippen LogP) is 2.53. The van der Waals surface area contributed by atoms with Crippen LogP contribution in [-0.4, -0.2) is 32.5 Å². The van der Waals surface area contributed by atoms with Crippen molar-refractivity contribution in [3.8, 4) is 0 Å². The molecule has 0 saturated carbocycles. The van der Waals surface area contributed by atoms with Crippen molar-refractivity contribution in [2.24, 2.45) is 0 Å². The van der Waals surface area contributed by atoms with Gasteiger partial charge in [-0.3, -0.25) is 14.7 Å². The van der Waals surface area contributed by atoms with Gasteiger partial charge in [-0.05, 0) is 35.7 Å². The van der Waals surface area contributed by atoms with E-state index in [2.05, 4.69) is 55.5 Å². The zero-order chi connectivity index (χ0) is 19.8. The van der Waals surface area contributed by atoms with Crippen LogP contribution in [0, 0.1) is 6.92 Å². The maximum Gasteiger partial charge on any atom is 0.279 e. The first kappa shape index (κ1) is 18.1. The molecule has 6 heteroatoms. The highest BCUT2D eigenvalue weighted by molar-refractivity contribution is 5.42. The molecule has 0 spiro atoms. The number of hydrogen-bond acceptors (Lipinski definition) is 5. The smallest absolute Gasteiger partial charge is 0.279 e. The minimum atomic E-state index is -0.0673. The van der Waals surface area contributed by atoms with E-state index >= 15 is 0 Å². The summed E-state index contributed by atoms with van der Waals surface area (Å²) in [6, 6.07) is 12.5. The lowest BCUT2D eigenvalue weighted by atomic mass is 10.1. The van der Waals surface area contributed by atoms with E-state index < -0.39 is 0 Å². The number of nitrogens with zero attached hydrogens (tertiary/aromatic N) is 5. The fourth-order valence-corrected chi connectivity index (χ4v) is 4.46. The van der Waals surface area contributed by atoms with E-state index in [4.69, 9.17) is 0 Å². The molecular formula is C23H25N5O. The molecule has 0 bridgehead atoms. The highest BCUT2D eigenvalue weighted by Gasteiger charge is 2.29. The van der Waals surface area contributed by atoms with Crippen LogP contribution in [-0.2, 0) is 32.6 Å². The van der Waals surface area contributed by atoms with Gasteiger partial charge in [0.1, 0.15) is 0 Å². The average molecular weight is 387 g/mol. The van der Waals surface area contributed by atoms with Gasteiger partial charge in [-0.1, -0.05) is 24.3 Å². The van der Waals surface area contributed by atoms with Gasteiger partial charge in [0.05, 0.1) is 5.56 Å². The third-order valence-corrected chi connectivity index (χ3v) is 6.08. The molecule has 3 aromatic rings. The number of aromatic nitrogens is 3. The van der Waals surface area contributed by atoms with Crippen LogP contribution in [0.1, 0.15) is 27.9 Å². The molecule has 0 N–H and O–H groups in total. The van der Waals surface area contributed by atoms with Gasteiger partial charge in [-0.25, -0.2) is 0 Å². The van der Waals surface area contributed by atoms with E-state index in [9.17, 15) is 4.79 Å². The van der Waals surface area contributed by atoms with Crippen LogP contribution in [0.25, 0.3) is 0 Å². The molecule has 0 saturated heterocycles. The molecule has 29 heavy (non-hydrogen) atoms. The molecule has 0 fully saturated rings. The molecule has 6 nitrogen and oxygen atoms in total. The number of aryl methyl sites for hydroxylation is 1. The summed E-state index contributed by atoms with van der Waals surface area (Å²) in [6.45, 7) is 7.20. The van der Waals surface area contributed by atoms with Crippen molar-refractivity contribution in [1.82, 2.24) is 19.4 Å². The Hall–Kier alpha value is -2.99. The van der Waals surface area contributed by atoms with Crippen molar-refractivity contribution >= 4 is 5.95 Å². The third kappa shape index (κ3) is 3.44. The monoisotopic (exact) mass is 387 g/mol. The fourth-order valence-electron chi connectivity index (χ4n) is 4.46. The molecule has 0 amide bonds. The van der Waals surface area contributed by atoms with Gasteiger partial charge < -0.3 is 9.47 Å². The van der Waals surface area contributed by atoms with Gasteiger partial charge in [0, 0.05) is 63.8 Å². The molecular weight excluding hydrogens is 362 g/mol. The van der Waals surface area contributed by atoms with Gasteiger partial charge in [0.25, 0.3) is 5.56 Å². The second-order valence-electron chi connectivity index (χ2n) is 7.96. The van der Waals surface area contributed by atoms with Gasteiger partial charge in [0.2, 0.25) is 5.95 Å². The first-order valence-electron chi connectivity index (χ1n) is 10.2. The molecule has 0 radical (unpaired) electrons. The van der Waals surface area contributed by atoms with E-state index in [1.54, 1.807) is 0 Å². The van der Waals surface area contributed by atoms with Crippen molar-refractivity contribution in [2.45, 2.75) is 39.5 Å². The zero-order valence-electron chi connectivity index (χ0n) is 16.7. The number of rotatable bonds is 4. The van der Waals surface area contributed by atoms with Gasteiger partial charge in [-0.15, -0.1) is 0 Å². The highest BCUT2D eigenvalue weighted by atomic mass is 16.1. The van der Waals surface area contributed by atoms with E-state index in [-0.39, 0.29) is 5.56 Å². The van der Waals surface area contributed by atoms with Crippen LogP contribution < -0.4 is 10.5 Å². The van der Waals surface area contributed by atoms with Crippen molar-refractivity contribution in [2.75, 3.05) is 18.0 Å². The minimum Gasteiger partial charge on any atom is -0.336 e. The lowest BCUT2D eigenvalue weighted by molar-refractivity contribution is 0.239. The predicted molar refractivity (Wildman–Crippen MR) is 113 cm³/mol. The zero-order valence-corrected chi connectivity index (χ0v) is 16.7. The van der Waals surface area contributed by atoms with Crippen LogP contribution in [0.3, 0.4) is 0 Å². The Morgan fingerprint density at radius 2 is 1.83 bits per heavy atom. The Morgan fingerprint density at radius 1 is 1.00 bits per heavy atom. The fraction of sp³-hybridized carbons (Fsp3) is 0.348. The second-order valence-corrected chi connectivity index (χ2v) is 7.96. The Labute approximate surface area is 170 Å². The van der Waals surface area contributed by atoms with E-state index in [1.165, 1.54) is 22.4 Å². The van der Waals surface area contributed by atoms with Gasteiger partial charge in [0.15, 0.2) is 0 Å². The number of fused-ring (bicyclic) bond motifs is 3. The lowest BCUT2D eigenvalue weighted by Gasteiger charge is -2.30. The second kappa shape index (κ2) is 7.44. The molecule has 4 heterocycles. The summed E-state index contributed by atoms with van der Waals surface area (Å²) >= 11 is 0. The van der Waals surface area contributed by atoms with E-state index in [0.29, 0.717) is 6.54 Å². The Kier molecular flexibility index (Phi) is 4.64. The topological polar surface area (TPSA) is 54.3 Å². The molecule has 2 aromatic heterocycles. The van der Waals surface area contributed by atoms with Crippen LogP contribution >= 0.6 is 0 Å². The van der Waals surface area contributed by atoms with Crippen LogP contribution in [0.15, 0.2) is 53.6 Å². The van der Waals surface area contributed by atoms with Gasteiger partial charge >= 0.3 is 0 Å². The van der Waals surface area contributed by atoms with Gasteiger partial charge in [-0.2, -0.15) is 4.98 Å². The molecule has 148 valence electrons. The molecule has 2 aliphatic heterocycles. The molecule has 0 atom stereocenters. The first-order valence-corrected chi connectivity index (χ1v) is 10.2. The first-order chi connectivity index (χ1) is 14.2. The number of benzene rings is 1. The maximum atomic E-state index is 12.9. The maximum absolute atomic E-state index is 12.9. The quantitative estimate of drug-likeness (QED) is 0.689. The minimum absolute atomic E-state index is 0.0673. The summed E-state index contributed by atoms with van der Waals surface area (Å²) in [5, 5.41) is 0. The number of hydrogen-bond donors (Lipinski definition) is 0. The van der Waals surface area contributed by atoms with Crippen molar-refractivity contribution < 1.29 is 0 Å². The van der Waals surface area contributed by atoms with E-state index in [1.807, 2.05) is 24.5 Å². The van der Waals surface area contributed by atoms with Crippen molar-refractivity contribution in [1.29, 1.82) is 0 Å². The SMILES string of the molecule is Cc1ccccc1CN1CCn2c1nc(=O)c1c2CCN(Cc2ccncc2)C1. The van der Waals surface area contributed by atoms with Crippen LogP contribution in [0.2, 0.25) is 0 Å². The average Bonchev–Trinajstić information content (AvgIpc) is 3.13. The van der Waals surface area contributed by atoms with E-state index in [0.717, 1.165) is 50.7 Å². The normalized spacial score (nSPS) is 16.0. The largest absolute Gasteiger partial charge is 0.336 e.